The largest absolute Gasteiger partial charge is 0.465 e. The van der Waals surface area contributed by atoms with Crippen molar-refractivity contribution in [2.45, 2.75) is 19.9 Å². The lowest BCUT2D eigenvalue weighted by molar-refractivity contribution is -0.126. The van der Waals surface area contributed by atoms with Crippen LogP contribution in [0.5, 0.6) is 0 Å². The average Bonchev–Trinajstić information content (AvgIpc) is 3.08. The summed E-state index contributed by atoms with van der Waals surface area (Å²) in [6.07, 6.45) is 0.120. The number of methoxy groups -OCH3 is 1. The highest BCUT2D eigenvalue weighted by atomic mass is 16.5. The number of ether oxygens (including phenoxy) is 1. The summed E-state index contributed by atoms with van der Waals surface area (Å²) >= 11 is 0. The van der Waals surface area contributed by atoms with E-state index < -0.39 is 11.9 Å². The Morgan fingerprint density at radius 2 is 1.85 bits per heavy atom. The van der Waals surface area contributed by atoms with Gasteiger partial charge in [-0.2, -0.15) is 0 Å². The minimum atomic E-state index is -0.508. The van der Waals surface area contributed by atoms with Gasteiger partial charge in [-0.25, -0.2) is 4.79 Å². The van der Waals surface area contributed by atoms with Gasteiger partial charge >= 0.3 is 5.97 Å². The van der Waals surface area contributed by atoms with Gasteiger partial charge in [-0.05, 0) is 30.2 Å². The molecule has 2 aromatic rings. The number of nitrogens with zero attached hydrogens (tertiary/aromatic N) is 1. The zero-order valence-electron chi connectivity index (χ0n) is 15.4. The van der Waals surface area contributed by atoms with E-state index in [-0.39, 0.29) is 24.8 Å². The molecule has 1 heterocycles. The first-order valence-corrected chi connectivity index (χ1v) is 8.81. The number of anilines is 1. The molecule has 2 amide bonds. The molecule has 0 saturated carbocycles. The molecule has 27 heavy (non-hydrogen) atoms. The van der Waals surface area contributed by atoms with Crippen molar-refractivity contribution in [2.75, 3.05) is 18.6 Å². The lowest BCUT2D eigenvalue weighted by Crippen LogP contribution is -2.33. The van der Waals surface area contributed by atoms with Gasteiger partial charge in [-0.15, -0.1) is 0 Å². The molecule has 3 rings (SSSR count). The molecule has 1 saturated heterocycles. The molecule has 0 radical (unpaired) electrons. The normalized spacial score (nSPS) is 16.3. The summed E-state index contributed by atoms with van der Waals surface area (Å²) < 4.78 is 4.79. The van der Waals surface area contributed by atoms with Crippen molar-refractivity contribution in [3.63, 3.8) is 0 Å². The maximum Gasteiger partial charge on any atom is 0.339 e. The molecule has 0 aromatic heterocycles. The van der Waals surface area contributed by atoms with Gasteiger partial charge in [0, 0.05) is 19.5 Å². The summed E-state index contributed by atoms with van der Waals surface area (Å²) in [5, 5.41) is 2.91. The molecule has 0 bridgehead atoms. The fraction of sp³-hybridized carbons (Fsp3) is 0.286. The van der Waals surface area contributed by atoms with Crippen LogP contribution in [0.3, 0.4) is 0 Å². The monoisotopic (exact) mass is 366 g/mol. The minimum Gasteiger partial charge on any atom is -0.465 e. The van der Waals surface area contributed by atoms with Gasteiger partial charge in [0.05, 0.1) is 24.3 Å². The zero-order chi connectivity index (χ0) is 19.4. The number of amides is 2. The molecule has 1 fully saturated rings. The van der Waals surface area contributed by atoms with Crippen molar-refractivity contribution in [1.29, 1.82) is 0 Å². The van der Waals surface area contributed by atoms with Gasteiger partial charge in [0.1, 0.15) is 0 Å². The number of hydrogen-bond donors (Lipinski definition) is 1. The Kier molecular flexibility index (Phi) is 5.54. The van der Waals surface area contributed by atoms with E-state index in [1.165, 1.54) is 12.0 Å². The number of nitrogens with one attached hydrogen (secondary N) is 1. The molecule has 1 unspecified atom stereocenters. The molecule has 6 heteroatoms. The van der Waals surface area contributed by atoms with Crippen molar-refractivity contribution in [2.24, 2.45) is 5.92 Å². The molecule has 1 aliphatic rings. The van der Waals surface area contributed by atoms with Crippen molar-refractivity contribution >= 4 is 23.5 Å². The summed E-state index contributed by atoms with van der Waals surface area (Å²) in [6, 6.07) is 14.6. The van der Waals surface area contributed by atoms with E-state index in [0.29, 0.717) is 17.8 Å². The molecular formula is C21H22N2O4. The zero-order valence-corrected chi connectivity index (χ0v) is 15.4. The Morgan fingerprint density at radius 3 is 2.59 bits per heavy atom. The maximum absolute atomic E-state index is 12.5. The molecule has 1 aliphatic heterocycles. The number of rotatable bonds is 5. The van der Waals surface area contributed by atoms with Crippen LogP contribution in [0.4, 0.5) is 5.69 Å². The van der Waals surface area contributed by atoms with Gasteiger partial charge in [0.15, 0.2) is 0 Å². The first-order valence-electron chi connectivity index (χ1n) is 8.81. The second kappa shape index (κ2) is 8.03. The third kappa shape index (κ3) is 4.00. The van der Waals surface area contributed by atoms with Crippen LogP contribution in [-0.2, 0) is 20.9 Å². The SMILES string of the molecule is COC(=O)c1ccccc1N1CC(C(=O)NCc2ccccc2C)CC1=O. The lowest BCUT2D eigenvalue weighted by Gasteiger charge is -2.19. The fourth-order valence-electron chi connectivity index (χ4n) is 3.24. The molecule has 1 atom stereocenters. The number of benzene rings is 2. The summed E-state index contributed by atoms with van der Waals surface area (Å²) in [4.78, 5) is 38.5. The quantitative estimate of drug-likeness (QED) is 0.825. The Bertz CT molecular complexity index is 878. The first-order chi connectivity index (χ1) is 13.0. The third-order valence-electron chi connectivity index (χ3n) is 4.81. The highest BCUT2D eigenvalue weighted by Crippen LogP contribution is 2.28. The molecule has 1 N–H and O–H groups in total. The molecule has 2 aromatic carbocycles. The molecule has 0 spiro atoms. The standard InChI is InChI=1S/C21H22N2O4/c1-14-7-3-4-8-15(14)12-22-20(25)16-11-19(24)23(13-16)18-10-6-5-9-17(18)21(26)27-2/h3-10,16H,11-13H2,1-2H3,(H,22,25). The topological polar surface area (TPSA) is 75.7 Å². The first kappa shape index (κ1) is 18.6. The minimum absolute atomic E-state index is 0.120. The predicted octanol–water partition coefficient (Wildman–Crippen LogP) is 2.45. The maximum atomic E-state index is 12.5. The predicted molar refractivity (Wildman–Crippen MR) is 101 cm³/mol. The van der Waals surface area contributed by atoms with E-state index >= 15 is 0 Å². The number of hydrogen-bond acceptors (Lipinski definition) is 4. The van der Waals surface area contributed by atoms with Gasteiger partial charge < -0.3 is 15.0 Å². The van der Waals surface area contributed by atoms with Gasteiger partial charge in [0.25, 0.3) is 0 Å². The van der Waals surface area contributed by atoms with Crippen LogP contribution in [0, 0.1) is 12.8 Å². The van der Waals surface area contributed by atoms with Crippen molar-refractivity contribution in [1.82, 2.24) is 5.32 Å². The number of para-hydroxylation sites is 1. The Balaban J connectivity index is 1.70. The van der Waals surface area contributed by atoms with Gasteiger partial charge in [0.2, 0.25) is 11.8 Å². The summed E-state index contributed by atoms with van der Waals surface area (Å²) in [7, 11) is 1.30. The Hall–Kier alpha value is -3.15. The van der Waals surface area contributed by atoms with Crippen LogP contribution in [0.25, 0.3) is 0 Å². The van der Waals surface area contributed by atoms with Crippen molar-refractivity contribution in [3.8, 4) is 0 Å². The van der Waals surface area contributed by atoms with Crippen LogP contribution in [0.15, 0.2) is 48.5 Å². The number of carbonyl (C=O) groups is 3. The van der Waals surface area contributed by atoms with Crippen LogP contribution >= 0.6 is 0 Å². The fourth-order valence-corrected chi connectivity index (χ4v) is 3.24. The van der Waals surface area contributed by atoms with E-state index in [2.05, 4.69) is 5.32 Å². The van der Waals surface area contributed by atoms with Crippen LogP contribution in [0.2, 0.25) is 0 Å². The van der Waals surface area contributed by atoms with Crippen LogP contribution in [-0.4, -0.2) is 31.4 Å². The van der Waals surface area contributed by atoms with E-state index in [4.69, 9.17) is 4.74 Å². The smallest absolute Gasteiger partial charge is 0.339 e. The van der Waals surface area contributed by atoms with Gasteiger partial charge in [-0.3, -0.25) is 9.59 Å². The number of carbonyl (C=O) groups excluding carboxylic acids is 3. The van der Waals surface area contributed by atoms with E-state index in [1.807, 2.05) is 31.2 Å². The average molecular weight is 366 g/mol. The molecule has 6 nitrogen and oxygen atoms in total. The lowest BCUT2D eigenvalue weighted by atomic mass is 10.1. The van der Waals surface area contributed by atoms with E-state index in [9.17, 15) is 14.4 Å². The summed E-state index contributed by atoms with van der Waals surface area (Å²) in [5.41, 5.74) is 2.94. The second-order valence-electron chi connectivity index (χ2n) is 6.56. The Morgan fingerprint density at radius 1 is 1.15 bits per heavy atom. The highest BCUT2D eigenvalue weighted by Gasteiger charge is 2.36. The van der Waals surface area contributed by atoms with Crippen LogP contribution < -0.4 is 10.2 Å². The van der Waals surface area contributed by atoms with Crippen LogP contribution in [0.1, 0.15) is 27.9 Å². The highest BCUT2D eigenvalue weighted by molar-refractivity contribution is 6.05. The Labute approximate surface area is 158 Å². The summed E-state index contributed by atoms with van der Waals surface area (Å²) in [5.74, 6) is -1.30. The third-order valence-corrected chi connectivity index (χ3v) is 4.81. The summed E-state index contributed by atoms with van der Waals surface area (Å²) in [6.45, 7) is 2.66. The van der Waals surface area contributed by atoms with Gasteiger partial charge in [-0.1, -0.05) is 36.4 Å². The van der Waals surface area contributed by atoms with E-state index in [0.717, 1.165) is 11.1 Å². The molecule has 140 valence electrons. The number of aryl methyl sites for hydroxylation is 1. The molecule has 0 aliphatic carbocycles. The second-order valence-corrected chi connectivity index (χ2v) is 6.56. The van der Waals surface area contributed by atoms with Crippen molar-refractivity contribution in [3.05, 3.63) is 65.2 Å². The molecular weight excluding hydrogens is 344 g/mol. The number of esters is 1. The van der Waals surface area contributed by atoms with E-state index in [1.54, 1.807) is 24.3 Å². The van der Waals surface area contributed by atoms with Crippen molar-refractivity contribution < 1.29 is 19.1 Å².